The van der Waals surface area contributed by atoms with Crippen molar-refractivity contribution in [2.45, 2.75) is 12.3 Å². The third-order valence-electron chi connectivity index (χ3n) is 6.27. The summed E-state index contributed by atoms with van der Waals surface area (Å²) in [6, 6.07) is 18.0. The maximum Gasteiger partial charge on any atom is 0.312 e. The maximum atomic E-state index is 13.2. The van der Waals surface area contributed by atoms with Crippen LogP contribution in [0.1, 0.15) is 39.4 Å². The smallest absolute Gasteiger partial charge is 0.312 e. The molecule has 162 valence electrons. The van der Waals surface area contributed by atoms with Crippen LogP contribution >= 0.6 is 0 Å². The third kappa shape index (κ3) is 3.03. The van der Waals surface area contributed by atoms with E-state index in [0.717, 1.165) is 22.0 Å². The first-order chi connectivity index (χ1) is 16.0. The van der Waals surface area contributed by atoms with Gasteiger partial charge in [-0.25, -0.2) is 0 Å². The monoisotopic (exact) mass is 437 g/mol. The van der Waals surface area contributed by atoms with Crippen LogP contribution in [0.25, 0.3) is 17.0 Å². The number of fused-ring (bicyclic) bond motifs is 4. The molecule has 0 saturated heterocycles. The summed E-state index contributed by atoms with van der Waals surface area (Å²) in [5.74, 6) is 0.129. The number of aryl methyl sites for hydroxylation is 1. The van der Waals surface area contributed by atoms with Gasteiger partial charge in [0.25, 0.3) is 0 Å². The Bertz CT molecular complexity index is 1510. The Morgan fingerprint density at radius 2 is 1.88 bits per heavy atom. The topological polar surface area (TPSA) is 77.8 Å². The molecule has 0 radical (unpaired) electrons. The summed E-state index contributed by atoms with van der Waals surface area (Å²) in [6.45, 7) is 0. The SMILES string of the molecule is Cn1cc(/C=C2\Oc3c(ccc4c3[C@H](c3cccc(O)c3)CC(=O)O4)C2=O)c2ccccc21. The van der Waals surface area contributed by atoms with E-state index >= 15 is 0 Å². The van der Waals surface area contributed by atoms with Crippen molar-refractivity contribution in [2.75, 3.05) is 0 Å². The molecule has 2 aliphatic rings. The van der Waals surface area contributed by atoms with Crippen LogP contribution < -0.4 is 9.47 Å². The molecule has 1 aromatic heterocycles. The van der Waals surface area contributed by atoms with Crippen LogP contribution in [0.5, 0.6) is 17.2 Å². The van der Waals surface area contributed by atoms with Crippen molar-refractivity contribution in [1.29, 1.82) is 0 Å². The molecule has 0 fully saturated rings. The van der Waals surface area contributed by atoms with Crippen LogP contribution in [0.15, 0.2) is 72.6 Å². The lowest BCUT2D eigenvalue weighted by atomic mass is 9.84. The number of carbonyl (C=O) groups excluding carboxylic acids is 2. The zero-order chi connectivity index (χ0) is 22.7. The van der Waals surface area contributed by atoms with E-state index in [0.29, 0.717) is 22.6 Å². The summed E-state index contributed by atoms with van der Waals surface area (Å²) < 4.78 is 13.6. The summed E-state index contributed by atoms with van der Waals surface area (Å²) in [4.78, 5) is 25.5. The number of esters is 1. The number of hydrogen-bond acceptors (Lipinski definition) is 5. The Morgan fingerprint density at radius 3 is 2.73 bits per heavy atom. The molecule has 33 heavy (non-hydrogen) atoms. The lowest BCUT2D eigenvalue weighted by Crippen LogP contribution is -2.21. The predicted molar refractivity (Wildman–Crippen MR) is 122 cm³/mol. The normalized spacial score (nSPS) is 18.2. The van der Waals surface area contributed by atoms with E-state index in [2.05, 4.69) is 0 Å². The van der Waals surface area contributed by atoms with Gasteiger partial charge in [-0.3, -0.25) is 9.59 Å². The minimum atomic E-state index is -0.395. The van der Waals surface area contributed by atoms with E-state index in [1.54, 1.807) is 36.4 Å². The first-order valence-electron chi connectivity index (χ1n) is 10.6. The van der Waals surface area contributed by atoms with Crippen LogP contribution in [-0.4, -0.2) is 21.4 Å². The van der Waals surface area contributed by atoms with Crippen LogP contribution in [0, 0.1) is 0 Å². The molecule has 1 atom stereocenters. The molecule has 6 nitrogen and oxygen atoms in total. The molecule has 0 spiro atoms. The summed E-state index contributed by atoms with van der Waals surface area (Å²) in [5, 5.41) is 11.0. The summed E-state index contributed by atoms with van der Waals surface area (Å²) >= 11 is 0. The molecule has 0 saturated carbocycles. The number of nitrogens with zero attached hydrogens (tertiary/aromatic N) is 1. The lowest BCUT2D eigenvalue weighted by Gasteiger charge is -2.26. The summed E-state index contributed by atoms with van der Waals surface area (Å²) in [5.41, 5.74) is 3.77. The van der Waals surface area contributed by atoms with Crippen molar-refractivity contribution < 1.29 is 24.2 Å². The Morgan fingerprint density at radius 1 is 1.03 bits per heavy atom. The second kappa shape index (κ2) is 7.10. The highest BCUT2D eigenvalue weighted by Crippen LogP contribution is 2.49. The quantitative estimate of drug-likeness (QED) is 0.273. The molecule has 6 heteroatoms. The maximum absolute atomic E-state index is 13.2. The second-order valence-corrected chi connectivity index (χ2v) is 8.33. The highest BCUT2D eigenvalue weighted by Gasteiger charge is 2.38. The number of aromatic nitrogens is 1. The van der Waals surface area contributed by atoms with Gasteiger partial charge in [0.05, 0.1) is 12.0 Å². The largest absolute Gasteiger partial charge is 0.508 e. The van der Waals surface area contributed by atoms with Crippen LogP contribution in [0.2, 0.25) is 0 Å². The summed E-state index contributed by atoms with van der Waals surface area (Å²) in [6.07, 6.45) is 3.81. The molecule has 2 aliphatic heterocycles. The van der Waals surface area contributed by atoms with Crippen molar-refractivity contribution in [3.63, 3.8) is 0 Å². The number of aromatic hydroxyl groups is 1. The molecule has 0 amide bonds. The number of para-hydroxylation sites is 1. The van der Waals surface area contributed by atoms with Gasteiger partial charge in [0.15, 0.2) is 5.76 Å². The first kappa shape index (κ1) is 19.4. The first-order valence-corrected chi connectivity index (χ1v) is 10.6. The third-order valence-corrected chi connectivity index (χ3v) is 6.27. The van der Waals surface area contributed by atoms with E-state index in [1.165, 1.54) is 0 Å². The molecule has 0 bridgehead atoms. The zero-order valence-electron chi connectivity index (χ0n) is 17.7. The number of hydrogen-bond donors (Lipinski definition) is 1. The van der Waals surface area contributed by atoms with Crippen LogP contribution in [0.4, 0.5) is 0 Å². The number of allylic oxidation sites excluding steroid dienone is 1. The number of Topliss-reactive ketones (excluding diaryl/α,β-unsaturated/α-hetero) is 1. The Hall–Kier alpha value is -4.32. The fourth-order valence-electron chi connectivity index (χ4n) is 4.76. The molecular formula is C27H19NO5. The average molecular weight is 437 g/mol. The van der Waals surface area contributed by atoms with Gasteiger partial charge >= 0.3 is 5.97 Å². The average Bonchev–Trinajstić information content (AvgIpc) is 3.30. The predicted octanol–water partition coefficient (Wildman–Crippen LogP) is 4.94. The molecular weight excluding hydrogens is 418 g/mol. The van der Waals surface area contributed by atoms with E-state index in [9.17, 15) is 14.7 Å². The van der Waals surface area contributed by atoms with E-state index < -0.39 is 5.92 Å². The lowest BCUT2D eigenvalue weighted by molar-refractivity contribution is -0.135. The minimum absolute atomic E-state index is 0.0901. The standard InChI is InChI=1S/C27H19NO5/c1-28-14-16(18-7-2-3-8-21(18)28)12-23-26(31)19-9-10-22-25(27(19)33-23)20(13-24(30)32-22)15-5-4-6-17(29)11-15/h2-12,14,20,29H,13H2,1H3/b23-12-/t20-/m0/s1. The van der Waals surface area contributed by atoms with Crippen molar-refractivity contribution in [3.8, 4) is 17.2 Å². The Kier molecular flexibility index (Phi) is 4.17. The fourth-order valence-corrected chi connectivity index (χ4v) is 4.76. The van der Waals surface area contributed by atoms with Gasteiger partial charge in [0, 0.05) is 41.2 Å². The molecule has 4 aromatic rings. The Labute approximate surface area is 189 Å². The molecule has 1 N–H and O–H groups in total. The molecule has 3 heterocycles. The second-order valence-electron chi connectivity index (χ2n) is 8.33. The number of rotatable bonds is 2. The van der Waals surface area contributed by atoms with Gasteiger partial charge in [0.1, 0.15) is 17.2 Å². The van der Waals surface area contributed by atoms with Gasteiger partial charge < -0.3 is 19.1 Å². The van der Waals surface area contributed by atoms with E-state index in [-0.39, 0.29) is 29.7 Å². The van der Waals surface area contributed by atoms with Crippen molar-refractivity contribution >= 4 is 28.7 Å². The van der Waals surface area contributed by atoms with Gasteiger partial charge in [-0.15, -0.1) is 0 Å². The number of ether oxygens (including phenoxy) is 2. The number of ketones is 1. The minimum Gasteiger partial charge on any atom is -0.508 e. The van der Waals surface area contributed by atoms with E-state index in [1.807, 2.05) is 48.1 Å². The number of phenols is 1. The number of carbonyl (C=O) groups is 2. The van der Waals surface area contributed by atoms with Crippen LogP contribution in [-0.2, 0) is 11.8 Å². The van der Waals surface area contributed by atoms with Crippen molar-refractivity contribution in [3.05, 3.63) is 94.9 Å². The van der Waals surface area contributed by atoms with Gasteiger partial charge in [-0.1, -0.05) is 30.3 Å². The molecule has 0 unspecified atom stereocenters. The van der Waals surface area contributed by atoms with Crippen LogP contribution in [0.3, 0.4) is 0 Å². The molecule has 3 aromatic carbocycles. The van der Waals surface area contributed by atoms with Crippen molar-refractivity contribution in [2.24, 2.45) is 7.05 Å². The Balaban J connectivity index is 1.48. The zero-order valence-corrected chi connectivity index (χ0v) is 17.7. The molecule has 0 aliphatic carbocycles. The van der Waals surface area contributed by atoms with Crippen molar-refractivity contribution in [1.82, 2.24) is 4.57 Å². The molecule has 6 rings (SSSR count). The summed E-state index contributed by atoms with van der Waals surface area (Å²) in [7, 11) is 1.96. The van der Waals surface area contributed by atoms with E-state index in [4.69, 9.17) is 9.47 Å². The highest BCUT2D eigenvalue weighted by atomic mass is 16.5. The highest BCUT2D eigenvalue weighted by molar-refractivity contribution is 6.15. The van der Waals surface area contributed by atoms with Gasteiger partial charge in [-0.2, -0.15) is 0 Å². The number of phenolic OH excluding ortho intramolecular Hbond substituents is 1. The van der Waals surface area contributed by atoms with Gasteiger partial charge in [0.2, 0.25) is 5.78 Å². The number of benzene rings is 3. The van der Waals surface area contributed by atoms with Gasteiger partial charge in [-0.05, 0) is 42.0 Å². The fraction of sp³-hybridized carbons (Fsp3) is 0.111.